The van der Waals surface area contributed by atoms with Crippen LogP contribution in [0.1, 0.15) is 6.42 Å². The second kappa shape index (κ2) is 1.82. The molecule has 2 aliphatic rings. The van der Waals surface area contributed by atoms with Crippen molar-refractivity contribution in [3.63, 3.8) is 0 Å². The second-order valence-corrected chi connectivity index (χ2v) is 4.86. The van der Waals surface area contributed by atoms with Crippen molar-refractivity contribution in [3.05, 3.63) is 0 Å². The zero-order chi connectivity index (χ0) is 5.56. The van der Waals surface area contributed by atoms with Crippen LogP contribution in [0, 0.1) is 0 Å². The molecule has 0 aromatic heterocycles. The summed E-state index contributed by atoms with van der Waals surface area (Å²) in [5.41, 5.74) is 0. The van der Waals surface area contributed by atoms with Crippen LogP contribution in [-0.4, -0.2) is 28.6 Å². The molecule has 0 spiro atoms. The van der Waals surface area contributed by atoms with Crippen molar-refractivity contribution in [2.24, 2.45) is 0 Å². The number of rotatable bonds is 0. The molecule has 0 aromatic carbocycles. The fourth-order valence-corrected chi connectivity index (χ4v) is 3.72. The van der Waals surface area contributed by atoms with Crippen molar-refractivity contribution in [1.82, 2.24) is 4.90 Å². The first-order valence-corrected chi connectivity index (χ1v) is 4.98. The van der Waals surface area contributed by atoms with E-state index in [4.69, 9.17) is 3.07 Å². The first-order chi connectivity index (χ1) is 3.86. The van der Waals surface area contributed by atoms with Crippen molar-refractivity contribution in [2.45, 2.75) is 16.6 Å². The van der Waals surface area contributed by atoms with E-state index in [2.05, 4.69) is 11.9 Å². The molecule has 0 amide bonds. The number of likely N-dealkylation sites (tertiary alicyclic amines) is 1. The SMILES string of the molecule is CN1CC2CC1[I-]O2. The number of fused-ring (bicyclic) bond motifs is 2. The topological polar surface area (TPSA) is 12.5 Å². The third-order valence-electron chi connectivity index (χ3n) is 1.71. The molecule has 2 saturated heterocycles. The predicted molar refractivity (Wildman–Crippen MR) is 25.9 cm³/mol. The molecular formula is C5H9INO-. The van der Waals surface area contributed by atoms with Gasteiger partial charge in [0.05, 0.1) is 0 Å². The molecule has 2 rings (SSSR count). The molecule has 2 bridgehead atoms. The Labute approximate surface area is 60.0 Å². The molecule has 2 atom stereocenters. The Kier molecular flexibility index (Phi) is 1.23. The van der Waals surface area contributed by atoms with Crippen LogP contribution in [0.2, 0.25) is 0 Å². The van der Waals surface area contributed by atoms with Crippen LogP contribution >= 0.6 is 0 Å². The van der Waals surface area contributed by atoms with Crippen LogP contribution in [0.3, 0.4) is 0 Å². The first kappa shape index (κ1) is 5.44. The van der Waals surface area contributed by atoms with Crippen LogP contribution in [-0.2, 0) is 3.07 Å². The summed E-state index contributed by atoms with van der Waals surface area (Å²) in [5.74, 6) is 0. The van der Waals surface area contributed by atoms with Crippen LogP contribution in [0.5, 0.6) is 0 Å². The summed E-state index contributed by atoms with van der Waals surface area (Å²) >= 11 is 0.112. The molecule has 2 fully saturated rings. The zero-order valence-electron chi connectivity index (χ0n) is 4.80. The fourth-order valence-electron chi connectivity index (χ4n) is 1.21. The second-order valence-electron chi connectivity index (χ2n) is 2.41. The third-order valence-corrected chi connectivity index (χ3v) is 4.77. The maximum atomic E-state index is 5.49. The minimum absolute atomic E-state index is 0.112. The molecule has 0 radical (unpaired) electrons. The summed E-state index contributed by atoms with van der Waals surface area (Å²) in [6.07, 6.45) is 1.95. The Morgan fingerprint density at radius 1 is 1.75 bits per heavy atom. The quantitative estimate of drug-likeness (QED) is 0.249. The Morgan fingerprint density at radius 3 is 2.88 bits per heavy atom. The molecule has 0 aliphatic carbocycles. The molecule has 2 aliphatic heterocycles. The van der Waals surface area contributed by atoms with E-state index in [1.54, 1.807) is 0 Å². The van der Waals surface area contributed by atoms with Crippen LogP contribution in [0.25, 0.3) is 0 Å². The van der Waals surface area contributed by atoms with E-state index in [9.17, 15) is 0 Å². The fraction of sp³-hybridized carbons (Fsp3) is 1.00. The Bertz CT molecular complexity index is 107. The van der Waals surface area contributed by atoms with Gasteiger partial charge in [0.25, 0.3) is 0 Å². The van der Waals surface area contributed by atoms with Gasteiger partial charge in [-0.3, -0.25) is 0 Å². The number of alkyl halides is 1. The average Bonchev–Trinajstić information content (AvgIpc) is 2.23. The van der Waals surface area contributed by atoms with Gasteiger partial charge < -0.3 is 0 Å². The number of hydrogen-bond acceptors (Lipinski definition) is 2. The monoisotopic (exact) mass is 226 g/mol. The molecule has 0 saturated carbocycles. The van der Waals surface area contributed by atoms with Gasteiger partial charge >= 0.3 is 59.8 Å². The van der Waals surface area contributed by atoms with E-state index in [0.717, 1.165) is 4.05 Å². The summed E-state index contributed by atoms with van der Waals surface area (Å²) in [7, 11) is 2.20. The van der Waals surface area contributed by atoms with Crippen molar-refractivity contribution in [3.8, 4) is 0 Å². The molecule has 2 nitrogen and oxygen atoms in total. The van der Waals surface area contributed by atoms with Gasteiger partial charge in [0.15, 0.2) is 0 Å². The van der Waals surface area contributed by atoms with Crippen molar-refractivity contribution in [1.29, 1.82) is 0 Å². The van der Waals surface area contributed by atoms with Gasteiger partial charge in [0.1, 0.15) is 0 Å². The van der Waals surface area contributed by atoms with Gasteiger partial charge in [0.2, 0.25) is 0 Å². The molecule has 2 heterocycles. The Morgan fingerprint density at radius 2 is 2.62 bits per heavy atom. The van der Waals surface area contributed by atoms with E-state index in [1.165, 1.54) is 13.0 Å². The number of likely N-dealkylation sites (N-methyl/N-ethyl adjacent to an activating group) is 1. The average molecular weight is 226 g/mol. The van der Waals surface area contributed by atoms with Crippen molar-refractivity contribution < 1.29 is 24.7 Å². The van der Waals surface area contributed by atoms with E-state index >= 15 is 0 Å². The number of hydrogen-bond donors (Lipinski definition) is 0. The summed E-state index contributed by atoms with van der Waals surface area (Å²) in [6, 6.07) is 0. The van der Waals surface area contributed by atoms with Crippen LogP contribution in [0.15, 0.2) is 0 Å². The standard InChI is InChI=1S/C5H9INO/c1-7-3-4-2-5(7)6-8-4/h4-5H,2-3H2,1H3/q-1. The molecular weight excluding hydrogens is 217 g/mol. The van der Waals surface area contributed by atoms with Crippen molar-refractivity contribution >= 4 is 0 Å². The van der Waals surface area contributed by atoms with E-state index < -0.39 is 0 Å². The van der Waals surface area contributed by atoms with Gasteiger partial charge in [-0.1, -0.05) is 0 Å². The van der Waals surface area contributed by atoms with Gasteiger partial charge in [-0.05, 0) is 0 Å². The van der Waals surface area contributed by atoms with Crippen LogP contribution < -0.4 is 21.6 Å². The van der Waals surface area contributed by atoms with Gasteiger partial charge in [0, 0.05) is 0 Å². The van der Waals surface area contributed by atoms with E-state index in [1.807, 2.05) is 0 Å². The van der Waals surface area contributed by atoms with E-state index in [0.29, 0.717) is 6.10 Å². The summed E-state index contributed by atoms with van der Waals surface area (Å²) in [4.78, 5) is 2.43. The Balaban J connectivity index is 2.11. The van der Waals surface area contributed by atoms with Crippen molar-refractivity contribution in [2.75, 3.05) is 13.6 Å². The molecule has 3 heteroatoms. The summed E-state index contributed by atoms with van der Waals surface area (Å²) in [6.45, 7) is 1.18. The Hall–Kier alpha value is 0.650. The molecule has 0 N–H and O–H groups in total. The molecule has 8 heavy (non-hydrogen) atoms. The number of nitrogens with zero attached hydrogens (tertiary/aromatic N) is 1. The maximum absolute atomic E-state index is 5.49. The zero-order valence-corrected chi connectivity index (χ0v) is 6.96. The van der Waals surface area contributed by atoms with Gasteiger partial charge in [-0.2, -0.15) is 0 Å². The first-order valence-electron chi connectivity index (χ1n) is 2.85. The summed E-state index contributed by atoms with van der Waals surface area (Å²) in [5, 5.41) is 0. The molecule has 2 unspecified atom stereocenters. The summed E-state index contributed by atoms with van der Waals surface area (Å²) < 4.78 is 6.35. The predicted octanol–water partition coefficient (Wildman–Crippen LogP) is -2.95. The van der Waals surface area contributed by atoms with Crippen LogP contribution in [0.4, 0.5) is 0 Å². The molecule has 0 aromatic rings. The normalized spacial score (nSPS) is 47.1. The number of halogens is 1. The van der Waals surface area contributed by atoms with Gasteiger partial charge in [-0.15, -0.1) is 0 Å². The van der Waals surface area contributed by atoms with E-state index in [-0.39, 0.29) is 21.6 Å². The molecule has 48 valence electrons. The minimum atomic E-state index is 0.112. The van der Waals surface area contributed by atoms with Gasteiger partial charge in [-0.25, -0.2) is 0 Å². The third kappa shape index (κ3) is 0.681.